The van der Waals surface area contributed by atoms with Crippen LogP contribution in [-0.2, 0) is 4.74 Å². The maximum Gasteiger partial charge on any atom is 0.408 e. The van der Waals surface area contributed by atoms with Gasteiger partial charge in [-0.2, -0.15) is 0 Å². The Kier molecular flexibility index (Phi) is 3.80. The first kappa shape index (κ1) is 17.6. The van der Waals surface area contributed by atoms with Gasteiger partial charge in [0.15, 0.2) is 0 Å². The second-order valence-electron chi connectivity index (χ2n) is 8.57. The van der Waals surface area contributed by atoms with E-state index in [9.17, 15) is 9.59 Å². The SMILES string of the molecule is CC(C)(C)OC(=O)NC12CC(NC(=O)c3cnc(-c4ccccc4)o3)(C1)C2. The van der Waals surface area contributed by atoms with Crippen LogP contribution in [0.5, 0.6) is 0 Å². The van der Waals surface area contributed by atoms with Gasteiger partial charge < -0.3 is 19.8 Å². The number of nitrogens with one attached hydrogen (secondary N) is 2. The molecule has 0 unspecified atom stereocenters. The zero-order chi connectivity index (χ0) is 19.3. The summed E-state index contributed by atoms with van der Waals surface area (Å²) in [6, 6.07) is 9.43. The first-order chi connectivity index (χ1) is 12.7. The van der Waals surface area contributed by atoms with Crippen molar-refractivity contribution in [1.82, 2.24) is 15.6 Å². The van der Waals surface area contributed by atoms with E-state index in [4.69, 9.17) is 9.15 Å². The third kappa shape index (κ3) is 3.41. The van der Waals surface area contributed by atoms with Crippen LogP contribution in [0.4, 0.5) is 4.79 Å². The van der Waals surface area contributed by atoms with Crippen LogP contribution >= 0.6 is 0 Å². The molecule has 2 N–H and O–H groups in total. The number of oxazole rings is 1. The molecule has 1 heterocycles. The van der Waals surface area contributed by atoms with Crippen molar-refractivity contribution in [3.8, 4) is 11.5 Å². The van der Waals surface area contributed by atoms with Crippen molar-refractivity contribution >= 4 is 12.0 Å². The van der Waals surface area contributed by atoms with Gasteiger partial charge in [-0.1, -0.05) is 18.2 Å². The predicted octanol–water partition coefficient (Wildman–Crippen LogP) is 3.27. The van der Waals surface area contributed by atoms with Crippen molar-refractivity contribution < 1.29 is 18.7 Å². The van der Waals surface area contributed by atoms with Crippen LogP contribution in [0, 0.1) is 0 Å². The fraction of sp³-hybridized carbons (Fsp3) is 0.450. The van der Waals surface area contributed by atoms with Gasteiger partial charge in [0, 0.05) is 11.1 Å². The molecular formula is C20H23N3O4. The number of amides is 2. The van der Waals surface area contributed by atoms with Gasteiger partial charge in [0.1, 0.15) is 5.60 Å². The van der Waals surface area contributed by atoms with Crippen molar-refractivity contribution in [2.45, 2.75) is 56.7 Å². The number of rotatable bonds is 4. The van der Waals surface area contributed by atoms with Crippen LogP contribution < -0.4 is 10.6 Å². The summed E-state index contributed by atoms with van der Waals surface area (Å²) in [5, 5.41) is 5.95. The standard InChI is InChI=1S/C20H23N3O4/c1-18(2,3)27-17(25)23-20-10-19(11-20,12-20)22-15(24)14-9-21-16(26-14)13-7-5-4-6-8-13/h4-9H,10-12H2,1-3H3,(H,22,24)(H,23,25). The number of carbonyl (C=O) groups excluding carboxylic acids is 2. The maximum absolute atomic E-state index is 12.5. The molecule has 3 saturated carbocycles. The van der Waals surface area contributed by atoms with E-state index in [1.165, 1.54) is 6.20 Å². The predicted molar refractivity (Wildman–Crippen MR) is 98.1 cm³/mol. The van der Waals surface area contributed by atoms with Crippen molar-refractivity contribution in [3.05, 3.63) is 42.3 Å². The Bertz CT molecular complexity index is 862. The molecule has 3 aliphatic rings. The highest BCUT2D eigenvalue weighted by Crippen LogP contribution is 2.60. The van der Waals surface area contributed by atoms with Crippen molar-refractivity contribution in [1.29, 1.82) is 0 Å². The molecule has 2 aromatic rings. The number of benzene rings is 1. The minimum Gasteiger partial charge on any atom is -0.444 e. The summed E-state index contributed by atoms with van der Waals surface area (Å²) < 4.78 is 10.9. The molecule has 3 aliphatic carbocycles. The molecule has 0 aliphatic heterocycles. The van der Waals surface area contributed by atoms with Crippen LogP contribution in [0.15, 0.2) is 40.9 Å². The summed E-state index contributed by atoms with van der Waals surface area (Å²) in [7, 11) is 0. The molecule has 0 saturated heterocycles. The molecule has 142 valence electrons. The van der Waals surface area contributed by atoms with Gasteiger partial charge in [-0.15, -0.1) is 0 Å². The van der Waals surface area contributed by atoms with Crippen molar-refractivity contribution in [2.75, 3.05) is 0 Å². The quantitative estimate of drug-likeness (QED) is 0.863. The highest BCUT2D eigenvalue weighted by atomic mass is 16.6. The Morgan fingerprint density at radius 2 is 1.70 bits per heavy atom. The Morgan fingerprint density at radius 1 is 1.07 bits per heavy atom. The summed E-state index contributed by atoms with van der Waals surface area (Å²) in [5.41, 5.74) is -0.233. The Labute approximate surface area is 157 Å². The molecule has 0 atom stereocenters. The van der Waals surface area contributed by atoms with E-state index >= 15 is 0 Å². The van der Waals surface area contributed by atoms with Crippen LogP contribution in [-0.4, -0.2) is 33.7 Å². The maximum atomic E-state index is 12.5. The van der Waals surface area contributed by atoms with Crippen molar-refractivity contribution in [3.63, 3.8) is 0 Å². The average molecular weight is 369 g/mol. The van der Waals surface area contributed by atoms with E-state index in [1.54, 1.807) is 0 Å². The van der Waals surface area contributed by atoms with Crippen molar-refractivity contribution in [2.24, 2.45) is 0 Å². The number of carbonyl (C=O) groups is 2. The molecule has 0 radical (unpaired) electrons. The van der Waals surface area contributed by atoms with Gasteiger partial charge in [0.2, 0.25) is 11.7 Å². The van der Waals surface area contributed by atoms with Gasteiger partial charge in [0.25, 0.3) is 5.91 Å². The lowest BCUT2D eigenvalue weighted by Gasteiger charge is -2.70. The molecule has 3 fully saturated rings. The Balaban J connectivity index is 1.32. The number of aromatic nitrogens is 1. The number of hydrogen-bond donors (Lipinski definition) is 2. The zero-order valence-corrected chi connectivity index (χ0v) is 15.7. The van der Waals surface area contributed by atoms with Gasteiger partial charge >= 0.3 is 6.09 Å². The summed E-state index contributed by atoms with van der Waals surface area (Å²) in [4.78, 5) is 28.6. The summed E-state index contributed by atoms with van der Waals surface area (Å²) in [6.45, 7) is 5.49. The van der Waals surface area contributed by atoms with Gasteiger partial charge in [-0.05, 0) is 52.2 Å². The number of ether oxygens (including phenoxy) is 1. The second-order valence-corrected chi connectivity index (χ2v) is 8.57. The molecule has 7 heteroatoms. The first-order valence-corrected chi connectivity index (χ1v) is 9.03. The highest BCUT2D eigenvalue weighted by Gasteiger charge is 2.69. The van der Waals surface area contributed by atoms with Gasteiger partial charge in [-0.25, -0.2) is 9.78 Å². The zero-order valence-electron chi connectivity index (χ0n) is 15.7. The molecule has 7 nitrogen and oxygen atoms in total. The van der Waals surface area contributed by atoms with E-state index in [2.05, 4.69) is 15.6 Å². The van der Waals surface area contributed by atoms with Crippen LogP contribution in [0.25, 0.3) is 11.5 Å². The molecular weight excluding hydrogens is 346 g/mol. The summed E-state index contributed by atoms with van der Waals surface area (Å²) >= 11 is 0. The molecule has 1 aromatic carbocycles. The van der Waals surface area contributed by atoms with E-state index < -0.39 is 11.7 Å². The number of hydrogen-bond acceptors (Lipinski definition) is 5. The number of nitrogens with zero attached hydrogens (tertiary/aromatic N) is 1. The minimum atomic E-state index is -0.526. The Hall–Kier alpha value is -2.83. The lowest BCUT2D eigenvalue weighted by Crippen LogP contribution is -2.83. The molecule has 2 bridgehead atoms. The largest absolute Gasteiger partial charge is 0.444 e. The van der Waals surface area contributed by atoms with E-state index in [-0.39, 0.29) is 22.7 Å². The second kappa shape index (κ2) is 5.84. The third-order valence-electron chi connectivity index (χ3n) is 4.93. The third-order valence-corrected chi connectivity index (χ3v) is 4.93. The minimum absolute atomic E-state index is 0.188. The van der Waals surface area contributed by atoms with Gasteiger partial charge in [0.05, 0.1) is 11.7 Å². The normalized spacial score (nSPS) is 25.7. The topological polar surface area (TPSA) is 93.5 Å². The first-order valence-electron chi connectivity index (χ1n) is 9.03. The Morgan fingerprint density at radius 3 is 2.33 bits per heavy atom. The summed E-state index contributed by atoms with van der Waals surface area (Å²) in [6.07, 6.45) is 3.13. The average Bonchev–Trinajstić information content (AvgIpc) is 3.00. The molecule has 1 aromatic heterocycles. The fourth-order valence-corrected chi connectivity index (χ4v) is 3.97. The van der Waals surface area contributed by atoms with Crippen LogP contribution in [0.3, 0.4) is 0 Å². The monoisotopic (exact) mass is 369 g/mol. The van der Waals surface area contributed by atoms with Gasteiger partial charge in [-0.3, -0.25) is 4.79 Å². The molecule has 2 amide bonds. The molecule has 5 rings (SSSR count). The number of alkyl carbamates (subject to hydrolysis) is 1. The smallest absolute Gasteiger partial charge is 0.408 e. The molecule has 27 heavy (non-hydrogen) atoms. The lowest BCUT2D eigenvalue weighted by molar-refractivity contribution is -0.0971. The molecule has 0 spiro atoms. The lowest BCUT2D eigenvalue weighted by atomic mass is 9.44. The highest BCUT2D eigenvalue weighted by molar-refractivity contribution is 5.92. The fourth-order valence-electron chi connectivity index (χ4n) is 3.97. The van der Waals surface area contributed by atoms with E-state index in [0.717, 1.165) is 5.56 Å². The van der Waals surface area contributed by atoms with Crippen LogP contribution in [0.2, 0.25) is 0 Å². The summed E-state index contributed by atoms with van der Waals surface area (Å²) in [5.74, 6) is 0.324. The van der Waals surface area contributed by atoms with E-state index in [0.29, 0.717) is 25.2 Å². The van der Waals surface area contributed by atoms with E-state index in [1.807, 2.05) is 51.1 Å². The van der Waals surface area contributed by atoms with Crippen LogP contribution in [0.1, 0.15) is 50.6 Å².